The molecule has 1 aromatic heterocycles. The summed E-state index contributed by atoms with van der Waals surface area (Å²) in [5.74, 6) is -0.0281. The summed E-state index contributed by atoms with van der Waals surface area (Å²) in [5, 5.41) is 20.0. The Bertz CT molecular complexity index is 675. The lowest BCUT2D eigenvalue weighted by atomic mass is 10.1. The van der Waals surface area contributed by atoms with Crippen LogP contribution in [0.2, 0.25) is 0 Å². The fraction of sp³-hybridized carbons (Fsp3) is 0.375. The van der Waals surface area contributed by atoms with E-state index in [1.165, 1.54) is 0 Å². The molecule has 1 fully saturated rings. The highest BCUT2D eigenvalue weighted by atomic mass is 16.3. The highest BCUT2D eigenvalue weighted by Crippen LogP contribution is 2.21. The van der Waals surface area contributed by atoms with Crippen molar-refractivity contribution >= 4 is 11.6 Å². The number of aromatic nitrogens is 2. The lowest BCUT2D eigenvalue weighted by molar-refractivity contribution is 0.102. The van der Waals surface area contributed by atoms with Crippen molar-refractivity contribution in [2.45, 2.75) is 25.8 Å². The summed E-state index contributed by atoms with van der Waals surface area (Å²) in [5.41, 5.74) is 1.77. The van der Waals surface area contributed by atoms with Crippen LogP contribution in [0, 0.1) is 6.92 Å². The van der Waals surface area contributed by atoms with Gasteiger partial charge in [-0.1, -0.05) is 0 Å². The molecule has 0 spiro atoms. The monoisotopic (exact) mass is 300 g/mol. The van der Waals surface area contributed by atoms with Gasteiger partial charge in [0, 0.05) is 18.4 Å². The first kappa shape index (κ1) is 14.6. The number of benzene rings is 1. The van der Waals surface area contributed by atoms with Gasteiger partial charge in [0.15, 0.2) is 5.69 Å². The van der Waals surface area contributed by atoms with Crippen molar-refractivity contribution < 1.29 is 9.90 Å². The lowest BCUT2D eigenvalue weighted by Crippen LogP contribution is -2.32. The average molecular weight is 300 g/mol. The molecule has 0 saturated carbocycles. The molecule has 2 aromatic rings. The Hall–Kier alpha value is -2.34. The fourth-order valence-electron chi connectivity index (χ4n) is 2.65. The molecule has 1 unspecified atom stereocenters. The standard InChI is InChI=1S/C16H20N4O2/c1-11-9-12(4-5-15(11)21)18-16(22)14-6-8-20(19-14)13-3-2-7-17-10-13/h4-6,8-9,13,17,21H,2-3,7,10H2,1H3,(H,18,22). The number of carbonyl (C=O) groups excluding carboxylic acids is 1. The van der Waals surface area contributed by atoms with Gasteiger partial charge in [0.2, 0.25) is 0 Å². The van der Waals surface area contributed by atoms with E-state index in [1.807, 2.05) is 10.9 Å². The van der Waals surface area contributed by atoms with Gasteiger partial charge in [0.05, 0.1) is 6.04 Å². The number of aromatic hydroxyl groups is 1. The van der Waals surface area contributed by atoms with Gasteiger partial charge in [-0.05, 0) is 56.1 Å². The SMILES string of the molecule is Cc1cc(NC(=O)c2ccn(C3CCCNC3)n2)ccc1O. The number of anilines is 1. The topological polar surface area (TPSA) is 79.2 Å². The molecule has 2 heterocycles. The van der Waals surface area contributed by atoms with Crippen LogP contribution in [0.1, 0.15) is 34.9 Å². The quantitative estimate of drug-likeness (QED) is 0.758. The average Bonchev–Trinajstić information content (AvgIpc) is 3.02. The molecule has 0 radical (unpaired) electrons. The number of piperidine rings is 1. The van der Waals surface area contributed by atoms with Gasteiger partial charge in [0.25, 0.3) is 5.91 Å². The summed E-state index contributed by atoms with van der Waals surface area (Å²) in [7, 11) is 0. The molecule has 22 heavy (non-hydrogen) atoms. The van der Waals surface area contributed by atoms with E-state index in [0.29, 0.717) is 17.4 Å². The Morgan fingerprint density at radius 2 is 2.32 bits per heavy atom. The van der Waals surface area contributed by atoms with Crippen molar-refractivity contribution in [1.29, 1.82) is 0 Å². The molecule has 0 aliphatic carbocycles. The second kappa shape index (κ2) is 6.19. The summed E-state index contributed by atoms with van der Waals surface area (Å²) < 4.78 is 1.86. The highest BCUT2D eigenvalue weighted by molar-refractivity contribution is 6.02. The Morgan fingerprint density at radius 3 is 3.05 bits per heavy atom. The Labute approximate surface area is 129 Å². The third kappa shape index (κ3) is 3.12. The second-order valence-electron chi connectivity index (χ2n) is 5.64. The zero-order chi connectivity index (χ0) is 15.5. The Morgan fingerprint density at radius 1 is 1.45 bits per heavy atom. The van der Waals surface area contributed by atoms with E-state index in [2.05, 4.69) is 15.7 Å². The molecule has 1 amide bonds. The van der Waals surface area contributed by atoms with Gasteiger partial charge in [0.1, 0.15) is 5.75 Å². The van der Waals surface area contributed by atoms with E-state index in [4.69, 9.17) is 0 Å². The van der Waals surface area contributed by atoms with E-state index in [9.17, 15) is 9.90 Å². The smallest absolute Gasteiger partial charge is 0.276 e. The molecule has 116 valence electrons. The first-order valence-corrected chi connectivity index (χ1v) is 7.50. The minimum absolute atomic E-state index is 0.215. The summed E-state index contributed by atoms with van der Waals surface area (Å²) in [6.45, 7) is 3.72. The summed E-state index contributed by atoms with van der Waals surface area (Å²) in [4.78, 5) is 12.2. The maximum Gasteiger partial charge on any atom is 0.276 e. The molecule has 3 rings (SSSR count). The van der Waals surface area contributed by atoms with Crippen LogP contribution in [0.5, 0.6) is 5.75 Å². The van der Waals surface area contributed by atoms with Crippen molar-refractivity contribution in [3.05, 3.63) is 41.7 Å². The second-order valence-corrected chi connectivity index (χ2v) is 5.64. The number of hydrogen-bond donors (Lipinski definition) is 3. The van der Waals surface area contributed by atoms with Gasteiger partial charge in [-0.3, -0.25) is 9.48 Å². The van der Waals surface area contributed by atoms with E-state index in [0.717, 1.165) is 31.5 Å². The number of hydrogen-bond acceptors (Lipinski definition) is 4. The molecular weight excluding hydrogens is 280 g/mol. The lowest BCUT2D eigenvalue weighted by Gasteiger charge is -2.22. The van der Waals surface area contributed by atoms with Crippen LogP contribution in [0.15, 0.2) is 30.5 Å². The van der Waals surface area contributed by atoms with Crippen molar-refractivity contribution in [1.82, 2.24) is 15.1 Å². The summed E-state index contributed by atoms with van der Waals surface area (Å²) in [6, 6.07) is 7.01. The van der Waals surface area contributed by atoms with Crippen LogP contribution in [0.3, 0.4) is 0 Å². The molecule has 1 atom stereocenters. The molecule has 0 bridgehead atoms. The molecule has 1 aromatic carbocycles. The first-order valence-electron chi connectivity index (χ1n) is 7.50. The minimum atomic E-state index is -0.243. The van der Waals surface area contributed by atoms with Crippen molar-refractivity contribution in [2.75, 3.05) is 18.4 Å². The third-order valence-electron chi connectivity index (χ3n) is 3.94. The van der Waals surface area contributed by atoms with Crippen molar-refractivity contribution in [3.63, 3.8) is 0 Å². The summed E-state index contributed by atoms with van der Waals surface area (Å²) in [6.07, 6.45) is 4.06. The highest BCUT2D eigenvalue weighted by Gasteiger charge is 2.17. The molecule has 6 heteroatoms. The van der Waals surface area contributed by atoms with Gasteiger partial charge in [-0.25, -0.2) is 0 Å². The number of nitrogens with one attached hydrogen (secondary N) is 2. The number of nitrogens with zero attached hydrogens (tertiary/aromatic N) is 2. The zero-order valence-corrected chi connectivity index (χ0v) is 12.5. The van der Waals surface area contributed by atoms with E-state index in [1.54, 1.807) is 31.2 Å². The number of phenols is 1. The van der Waals surface area contributed by atoms with Gasteiger partial charge >= 0.3 is 0 Å². The number of amides is 1. The number of phenolic OH excluding ortho intramolecular Hbond substituents is 1. The molecule has 1 aliphatic rings. The minimum Gasteiger partial charge on any atom is -0.508 e. The fourth-order valence-corrected chi connectivity index (χ4v) is 2.65. The molecular formula is C16H20N4O2. The largest absolute Gasteiger partial charge is 0.508 e. The van der Waals surface area contributed by atoms with Crippen molar-refractivity contribution in [2.24, 2.45) is 0 Å². The molecule has 3 N–H and O–H groups in total. The maximum atomic E-state index is 12.2. The van der Waals surface area contributed by atoms with Crippen LogP contribution in [-0.2, 0) is 0 Å². The van der Waals surface area contributed by atoms with Crippen LogP contribution in [-0.4, -0.2) is 33.9 Å². The number of aryl methyl sites for hydroxylation is 1. The van der Waals surface area contributed by atoms with Gasteiger partial charge < -0.3 is 15.7 Å². The van der Waals surface area contributed by atoms with Gasteiger partial charge in [-0.15, -0.1) is 0 Å². The molecule has 1 saturated heterocycles. The maximum absolute atomic E-state index is 12.2. The molecule has 6 nitrogen and oxygen atoms in total. The van der Waals surface area contributed by atoms with Gasteiger partial charge in [-0.2, -0.15) is 5.10 Å². The number of carbonyl (C=O) groups is 1. The Balaban J connectivity index is 1.69. The summed E-state index contributed by atoms with van der Waals surface area (Å²) >= 11 is 0. The van der Waals surface area contributed by atoms with Crippen molar-refractivity contribution in [3.8, 4) is 5.75 Å². The predicted molar refractivity (Wildman–Crippen MR) is 84.2 cm³/mol. The third-order valence-corrected chi connectivity index (χ3v) is 3.94. The van der Waals surface area contributed by atoms with Crippen LogP contribution in [0.25, 0.3) is 0 Å². The van der Waals surface area contributed by atoms with Crippen LogP contribution in [0.4, 0.5) is 5.69 Å². The normalized spacial score (nSPS) is 18.1. The van der Waals surface area contributed by atoms with E-state index < -0.39 is 0 Å². The number of rotatable bonds is 3. The first-order chi connectivity index (χ1) is 10.6. The molecule has 1 aliphatic heterocycles. The van der Waals surface area contributed by atoms with E-state index >= 15 is 0 Å². The van der Waals surface area contributed by atoms with E-state index in [-0.39, 0.29) is 11.7 Å². The zero-order valence-electron chi connectivity index (χ0n) is 12.5. The predicted octanol–water partition coefficient (Wildman–Crippen LogP) is 2.07. The van der Waals surface area contributed by atoms with Crippen LogP contribution < -0.4 is 10.6 Å². The van der Waals surface area contributed by atoms with Crippen LogP contribution >= 0.6 is 0 Å². The Kier molecular flexibility index (Phi) is 4.11.